The number of nitrogens with one attached hydrogen (secondary N) is 1. The van der Waals surface area contributed by atoms with Crippen LogP contribution in [-0.4, -0.2) is 22.0 Å². The van der Waals surface area contributed by atoms with Crippen LogP contribution in [0.3, 0.4) is 0 Å². The van der Waals surface area contributed by atoms with Gasteiger partial charge in [-0.25, -0.2) is 4.98 Å². The Morgan fingerprint density at radius 3 is 2.85 bits per heavy atom. The van der Waals surface area contributed by atoms with Crippen LogP contribution in [0.25, 0.3) is 22.7 Å². The molecule has 134 valence electrons. The summed E-state index contributed by atoms with van der Waals surface area (Å²) in [7, 11) is 0. The van der Waals surface area contributed by atoms with E-state index >= 15 is 0 Å². The van der Waals surface area contributed by atoms with Crippen LogP contribution in [0.1, 0.15) is 11.3 Å². The number of hydrogen-bond acceptors (Lipinski definition) is 3. The molecule has 2 heterocycles. The van der Waals surface area contributed by atoms with E-state index in [-0.39, 0.29) is 5.91 Å². The molecule has 4 aromatic rings. The second-order valence-corrected chi connectivity index (χ2v) is 6.16. The smallest absolute Gasteiger partial charge is 0.244 e. The number of aromatic nitrogens is 2. The first-order valence-corrected chi connectivity index (χ1v) is 8.80. The second kappa shape index (κ2) is 7.74. The average Bonchev–Trinajstić information content (AvgIpc) is 3.36. The number of imidazole rings is 1. The zero-order valence-electron chi connectivity index (χ0n) is 14.7. The lowest BCUT2D eigenvalue weighted by Gasteiger charge is -2.10. The minimum Gasteiger partial charge on any atom is -0.457 e. The average molecular weight is 357 g/mol. The Kier molecular flexibility index (Phi) is 4.83. The molecule has 0 atom stereocenters. The Morgan fingerprint density at radius 1 is 1.15 bits per heavy atom. The normalized spacial score (nSPS) is 11.3. The maximum atomic E-state index is 12.1. The Labute approximate surface area is 157 Å². The zero-order chi connectivity index (χ0) is 18.5. The number of hydrogen-bond donors (Lipinski definition) is 1. The van der Waals surface area contributed by atoms with E-state index in [1.165, 1.54) is 6.08 Å². The quantitative estimate of drug-likeness (QED) is 0.531. The van der Waals surface area contributed by atoms with Gasteiger partial charge in [0, 0.05) is 36.1 Å². The number of carbonyl (C=O) groups is 1. The van der Waals surface area contributed by atoms with Crippen LogP contribution in [-0.2, 0) is 11.2 Å². The Hall–Kier alpha value is -3.60. The van der Waals surface area contributed by atoms with E-state index < -0.39 is 0 Å². The van der Waals surface area contributed by atoms with E-state index in [0.29, 0.717) is 12.3 Å². The lowest BCUT2D eigenvalue weighted by Crippen LogP contribution is -2.23. The minimum atomic E-state index is -0.143. The van der Waals surface area contributed by atoms with Crippen LogP contribution >= 0.6 is 0 Å². The molecule has 0 spiro atoms. The van der Waals surface area contributed by atoms with Gasteiger partial charge in [-0.15, -0.1) is 0 Å². The predicted octanol–water partition coefficient (Wildman–Crippen LogP) is 3.99. The van der Waals surface area contributed by atoms with Crippen molar-refractivity contribution in [3.05, 3.63) is 90.7 Å². The molecule has 1 N–H and O–H groups in total. The largest absolute Gasteiger partial charge is 0.457 e. The Balaban J connectivity index is 1.35. The summed E-state index contributed by atoms with van der Waals surface area (Å²) in [6, 6.07) is 17.8. The summed E-state index contributed by atoms with van der Waals surface area (Å²) in [5.41, 5.74) is 3.03. The van der Waals surface area contributed by atoms with Crippen LogP contribution in [0.4, 0.5) is 0 Å². The van der Waals surface area contributed by atoms with Crippen LogP contribution in [0, 0.1) is 0 Å². The molecule has 2 aromatic carbocycles. The van der Waals surface area contributed by atoms with Gasteiger partial charge in [-0.3, -0.25) is 4.79 Å². The van der Waals surface area contributed by atoms with Crippen molar-refractivity contribution in [2.24, 2.45) is 0 Å². The highest BCUT2D eigenvalue weighted by molar-refractivity contribution is 5.92. The van der Waals surface area contributed by atoms with Gasteiger partial charge in [0.15, 0.2) is 0 Å². The van der Waals surface area contributed by atoms with Crippen molar-refractivity contribution in [2.45, 2.75) is 6.42 Å². The monoisotopic (exact) mass is 357 g/mol. The van der Waals surface area contributed by atoms with Gasteiger partial charge in [0.25, 0.3) is 0 Å². The Morgan fingerprint density at radius 2 is 2.00 bits per heavy atom. The molecule has 0 saturated heterocycles. The standard InChI is InChI=1S/C22H19N3O2/c26-22(10-9-19-15-18-6-2-4-8-21(18)27-19)24-12-11-17-5-1-3-7-20(17)25-14-13-23-16-25/h1-10,13-16H,11-12H2,(H,24,26)/b10-9+. The third kappa shape index (κ3) is 3.98. The first-order chi connectivity index (χ1) is 13.3. The highest BCUT2D eigenvalue weighted by atomic mass is 16.3. The molecule has 0 bridgehead atoms. The maximum absolute atomic E-state index is 12.1. The summed E-state index contributed by atoms with van der Waals surface area (Å²) in [5, 5.41) is 3.94. The van der Waals surface area contributed by atoms with Crippen molar-refractivity contribution in [1.29, 1.82) is 0 Å². The molecule has 1 amide bonds. The molecule has 0 aliphatic heterocycles. The first kappa shape index (κ1) is 16.8. The van der Waals surface area contributed by atoms with Crippen LogP contribution in [0.5, 0.6) is 0 Å². The van der Waals surface area contributed by atoms with Gasteiger partial charge in [0.2, 0.25) is 5.91 Å². The maximum Gasteiger partial charge on any atom is 0.244 e. The van der Waals surface area contributed by atoms with Crippen LogP contribution in [0.2, 0.25) is 0 Å². The van der Waals surface area contributed by atoms with E-state index in [1.807, 2.05) is 59.3 Å². The molecule has 2 aromatic heterocycles. The van der Waals surface area contributed by atoms with Gasteiger partial charge in [0.1, 0.15) is 11.3 Å². The van der Waals surface area contributed by atoms with Gasteiger partial charge in [-0.1, -0.05) is 36.4 Å². The number of amides is 1. The summed E-state index contributed by atoms with van der Waals surface area (Å²) < 4.78 is 7.64. The summed E-state index contributed by atoms with van der Waals surface area (Å²) in [6.45, 7) is 0.551. The lowest BCUT2D eigenvalue weighted by atomic mass is 10.1. The van der Waals surface area contributed by atoms with Gasteiger partial charge < -0.3 is 14.3 Å². The molecule has 0 radical (unpaired) electrons. The minimum absolute atomic E-state index is 0.143. The number of furan rings is 1. The van der Waals surface area contributed by atoms with E-state index in [9.17, 15) is 4.79 Å². The number of carbonyl (C=O) groups excluding carboxylic acids is 1. The SMILES string of the molecule is O=C(/C=C/c1cc2ccccc2o1)NCCc1ccccc1-n1ccnc1. The number of nitrogens with zero attached hydrogens (tertiary/aromatic N) is 2. The van der Waals surface area contributed by atoms with E-state index in [0.717, 1.165) is 28.6 Å². The van der Waals surface area contributed by atoms with Gasteiger partial charge >= 0.3 is 0 Å². The second-order valence-electron chi connectivity index (χ2n) is 6.16. The van der Waals surface area contributed by atoms with E-state index in [1.54, 1.807) is 18.6 Å². The third-order valence-electron chi connectivity index (χ3n) is 4.31. The topological polar surface area (TPSA) is 60.1 Å². The highest BCUT2D eigenvalue weighted by Gasteiger charge is 2.05. The number of benzene rings is 2. The molecule has 0 aliphatic carbocycles. The first-order valence-electron chi connectivity index (χ1n) is 8.80. The summed E-state index contributed by atoms with van der Waals surface area (Å²) in [6.07, 6.45) is 9.36. The fraction of sp³-hybridized carbons (Fsp3) is 0.0909. The van der Waals surface area contributed by atoms with Crippen molar-refractivity contribution in [3.63, 3.8) is 0 Å². The van der Waals surface area contributed by atoms with Crippen molar-refractivity contribution < 1.29 is 9.21 Å². The lowest BCUT2D eigenvalue weighted by molar-refractivity contribution is -0.116. The van der Waals surface area contributed by atoms with Crippen molar-refractivity contribution in [3.8, 4) is 5.69 Å². The summed E-state index contributed by atoms with van der Waals surface area (Å²) in [5.74, 6) is 0.521. The van der Waals surface area contributed by atoms with E-state index in [4.69, 9.17) is 4.42 Å². The molecule has 5 heteroatoms. The van der Waals surface area contributed by atoms with Gasteiger partial charge in [0.05, 0.1) is 6.33 Å². The predicted molar refractivity (Wildman–Crippen MR) is 106 cm³/mol. The fourth-order valence-corrected chi connectivity index (χ4v) is 3.00. The molecule has 0 aliphatic rings. The number of rotatable bonds is 6. The van der Waals surface area contributed by atoms with Gasteiger partial charge in [-0.2, -0.15) is 0 Å². The van der Waals surface area contributed by atoms with Crippen LogP contribution in [0.15, 0.2) is 83.8 Å². The molecule has 0 unspecified atom stereocenters. The molecule has 5 nitrogen and oxygen atoms in total. The molecule has 27 heavy (non-hydrogen) atoms. The summed E-state index contributed by atoms with van der Waals surface area (Å²) in [4.78, 5) is 16.2. The fourth-order valence-electron chi connectivity index (χ4n) is 3.00. The van der Waals surface area contributed by atoms with E-state index in [2.05, 4.69) is 16.4 Å². The molecular weight excluding hydrogens is 338 g/mol. The zero-order valence-corrected chi connectivity index (χ0v) is 14.7. The summed E-state index contributed by atoms with van der Waals surface area (Å²) >= 11 is 0. The molecule has 0 fully saturated rings. The molecule has 0 saturated carbocycles. The number of para-hydroxylation sites is 2. The van der Waals surface area contributed by atoms with Crippen molar-refractivity contribution in [1.82, 2.24) is 14.9 Å². The molecule has 4 rings (SSSR count). The van der Waals surface area contributed by atoms with Crippen molar-refractivity contribution >= 4 is 23.0 Å². The third-order valence-corrected chi connectivity index (χ3v) is 4.31. The Bertz CT molecular complexity index is 1040. The van der Waals surface area contributed by atoms with Gasteiger partial charge in [-0.05, 0) is 36.3 Å². The highest BCUT2D eigenvalue weighted by Crippen LogP contribution is 2.19. The molecular formula is C22H19N3O2. The number of fused-ring (bicyclic) bond motifs is 1. The van der Waals surface area contributed by atoms with Crippen molar-refractivity contribution in [2.75, 3.05) is 6.54 Å². The van der Waals surface area contributed by atoms with Crippen LogP contribution < -0.4 is 5.32 Å².